The molecule has 1 aliphatic rings. The monoisotopic (exact) mass is 404 g/mol. The SMILES string of the molecule is COc1cc(Cl)cc(CN2CCN(Cc3ccccc3)[C@H](CCO)C2)c1OC. The molecule has 0 aliphatic carbocycles. The predicted octanol–water partition coefficient (Wildman–Crippen LogP) is 3.43. The van der Waals surface area contributed by atoms with Gasteiger partial charge >= 0.3 is 0 Å². The maximum Gasteiger partial charge on any atom is 0.165 e. The molecule has 1 aliphatic heterocycles. The number of ether oxygens (including phenoxy) is 2. The maximum absolute atomic E-state index is 9.57. The molecule has 2 aromatic rings. The molecule has 1 heterocycles. The number of halogens is 1. The Morgan fingerprint density at radius 1 is 1.07 bits per heavy atom. The minimum absolute atomic E-state index is 0.193. The van der Waals surface area contributed by atoms with Gasteiger partial charge in [0.1, 0.15) is 0 Å². The first-order chi connectivity index (χ1) is 13.6. The summed E-state index contributed by atoms with van der Waals surface area (Å²) in [5, 5.41) is 10.2. The van der Waals surface area contributed by atoms with E-state index in [0.29, 0.717) is 16.8 Å². The second-order valence-corrected chi connectivity index (χ2v) is 7.59. The van der Waals surface area contributed by atoms with Crippen molar-refractivity contribution in [3.05, 3.63) is 58.6 Å². The van der Waals surface area contributed by atoms with E-state index in [-0.39, 0.29) is 6.61 Å². The lowest BCUT2D eigenvalue weighted by Gasteiger charge is -2.41. The highest BCUT2D eigenvalue weighted by Gasteiger charge is 2.27. The van der Waals surface area contributed by atoms with Crippen LogP contribution in [0.5, 0.6) is 11.5 Å². The number of nitrogens with zero attached hydrogens (tertiary/aromatic N) is 2. The van der Waals surface area contributed by atoms with E-state index in [2.05, 4.69) is 34.1 Å². The normalized spacial score (nSPS) is 18.2. The summed E-state index contributed by atoms with van der Waals surface area (Å²) < 4.78 is 11.0. The summed E-state index contributed by atoms with van der Waals surface area (Å²) in [4.78, 5) is 4.87. The number of benzene rings is 2. The third kappa shape index (κ3) is 5.17. The summed E-state index contributed by atoms with van der Waals surface area (Å²) in [7, 11) is 3.28. The van der Waals surface area contributed by atoms with Gasteiger partial charge in [0.05, 0.1) is 14.2 Å². The highest BCUT2D eigenvalue weighted by Crippen LogP contribution is 2.35. The van der Waals surface area contributed by atoms with Gasteiger partial charge in [0.2, 0.25) is 0 Å². The summed E-state index contributed by atoms with van der Waals surface area (Å²) in [5.74, 6) is 1.39. The maximum atomic E-state index is 9.57. The lowest BCUT2D eigenvalue weighted by atomic mass is 10.1. The molecule has 0 spiro atoms. The first kappa shape index (κ1) is 20.9. The molecule has 0 unspecified atom stereocenters. The fourth-order valence-corrected chi connectivity index (χ4v) is 4.14. The fourth-order valence-electron chi connectivity index (χ4n) is 3.91. The number of aliphatic hydroxyl groups is 1. The van der Waals surface area contributed by atoms with Crippen molar-refractivity contribution in [3.63, 3.8) is 0 Å². The average Bonchev–Trinajstić information content (AvgIpc) is 2.70. The summed E-state index contributed by atoms with van der Waals surface area (Å²) in [5.41, 5.74) is 2.33. The molecule has 0 saturated carbocycles. The Morgan fingerprint density at radius 2 is 1.86 bits per heavy atom. The van der Waals surface area contributed by atoms with Crippen LogP contribution in [0.3, 0.4) is 0 Å². The number of aliphatic hydroxyl groups excluding tert-OH is 1. The summed E-state index contributed by atoms with van der Waals surface area (Å²) in [6, 6.07) is 14.5. The van der Waals surface area contributed by atoms with Crippen molar-refractivity contribution in [1.82, 2.24) is 9.80 Å². The molecule has 2 aromatic carbocycles. The molecular formula is C22H29ClN2O3. The molecule has 1 atom stereocenters. The van der Waals surface area contributed by atoms with E-state index in [1.165, 1.54) is 5.56 Å². The van der Waals surface area contributed by atoms with Crippen LogP contribution < -0.4 is 9.47 Å². The van der Waals surface area contributed by atoms with Crippen LogP contribution in [0.2, 0.25) is 5.02 Å². The fraction of sp³-hybridized carbons (Fsp3) is 0.455. The van der Waals surface area contributed by atoms with Gasteiger partial charge < -0.3 is 14.6 Å². The third-order valence-electron chi connectivity index (χ3n) is 5.29. The van der Waals surface area contributed by atoms with Crippen LogP contribution in [0, 0.1) is 0 Å². The van der Waals surface area contributed by atoms with E-state index in [4.69, 9.17) is 21.1 Å². The van der Waals surface area contributed by atoms with Crippen LogP contribution in [0.15, 0.2) is 42.5 Å². The van der Waals surface area contributed by atoms with Crippen molar-refractivity contribution in [2.45, 2.75) is 25.6 Å². The first-order valence-corrected chi connectivity index (χ1v) is 10.0. The van der Waals surface area contributed by atoms with Crippen molar-refractivity contribution in [2.75, 3.05) is 40.5 Å². The van der Waals surface area contributed by atoms with Gasteiger partial charge in [0.15, 0.2) is 11.5 Å². The van der Waals surface area contributed by atoms with Gasteiger partial charge in [-0.2, -0.15) is 0 Å². The summed E-state index contributed by atoms with van der Waals surface area (Å²) in [6.45, 7) is 4.64. The van der Waals surface area contributed by atoms with Crippen LogP contribution in [-0.2, 0) is 13.1 Å². The highest BCUT2D eigenvalue weighted by atomic mass is 35.5. The second kappa shape index (κ2) is 10.1. The number of rotatable bonds is 8. The standard InChI is InChI=1S/C22H29ClN2O3/c1-27-21-13-19(23)12-18(22(21)28-2)15-24-9-10-25(20(16-24)8-11-26)14-17-6-4-3-5-7-17/h3-7,12-13,20,26H,8-11,14-16H2,1-2H3/t20-/m1/s1. The summed E-state index contributed by atoms with van der Waals surface area (Å²) >= 11 is 6.27. The molecule has 1 N–H and O–H groups in total. The number of piperazine rings is 1. The molecule has 5 nitrogen and oxygen atoms in total. The van der Waals surface area contributed by atoms with Crippen LogP contribution in [0.25, 0.3) is 0 Å². The quantitative estimate of drug-likeness (QED) is 0.730. The molecular weight excluding hydrogens is 376 g/mol. The Morgan fingerprint density at radius 3 is 2.54 bits per heavy atom. The molecule has 3 rings (SSSR count). The van der Waals surface area contributed by atoms with E-state index in [0.717, 1.165) is 50.5 Å². The topological polar surface area (TPSA) is 45.2 Å². The summed E-state index contributed by atoms with van der Waals surface area (Å²) in [6.07, 6.45) is 0.763. The lowest BCUT2D eigenvalue weighted by Crippen LogP contribution is -2.52. The van der Waals surface area contributed by atoms with Gasteiger partial charge in [-0.05, 0) is 18.1 Å². The van der Waals surface area contributed by atoms with Crippen LogP contribution in [0.1, 0.15) is 17.5 Å². The van der Waals surface area contributed by atoms with E-state index < -0.39 is 0 Å². The molecule has 1 fully saturated rings. The lowest BCUT2D eigenvalue weighted by molar-refractivity contribution is 0.0496. The average molecular weight is 405 g/mol. The van der Waals surface area contributed by atoms with Gasteiger partial charge in [-0.3, -0.25) is 9.80 Å². The molecule has 28 heavy (non-hydrogen) atoms. The molecule has 0 aromatic heterocycles. The van der Waals surface area contributed by atoms with Gasteiger partial charge in [0.25, 0.3) is 0 Å². The molecule has 152 valence electrons. The van der Waals surface area contributed by atoms with E-state index in [9.17, 15) is 5.11 Å². The first-order valence-electron chi connectivity index (χ1n) is 9.66. The molecule has 1 saturated heterocycles. The Balaban J connectivity index is 1.71. The Bertz CT molecular complexity index is 757. The smallest absolute Gasteiger partial charge is 0.165 e. The highest BCUT2D eigenvalue weighted by molar-refractivity contribution is 6.30. The van der Waals surface area contributed by atoms with Crippen molar-refractivity contribution in [2.24, 2.45) is 0 Å². The van der Waals surface area contributed by atoms with Crippen LogP contribution >= 0.6 is 11.6 Å². The van der Waals surface area contributed by atoms with Crippen molar-refractivity contribution in [1.29, 1.82) is 0 Å². The zero-order valence-electron chi connectivity index (χ0n) is 16.6. The van der Waals surface area contributed by atoms with Crippen LogP contribution in [-0.4, -0.2) is 61.4 Å². The van der Waals surface area contributed by atoms with Gasteiger partial charge in [-0.15, -0.1) is 0 Å². The minimum Gasteiger partial charge on any atom is -0.493 e. The van der Waals surface area contributed by atoms with E-state index >= 15 is 0 Å². The predicted molar refractivity (Wildman–Crippen MR) is 112 cm³/mol. The number of hydrogen-bond donors (Lipinski definition) is 1. The molecule has 6 heteroatoms. The minimum atomic E-state index is 0.193. The molecule has 0 bridgehead atoms. The van der Waals surface area contributed by atoms with E-state index in [1.807, 2.05) is 12.1 Å². The Hall–Kier alpha value is -1.79. The second-order valence-electron chi connectivity index (χ2n) is 7.16. The van der Waals surface area contributed by atoms with Crippen LogP contribution in [0.4, 0.5) is 0 Å². The Kier molecular flexibility index (Phi) is 7.57. The van der Waals surface area contributed by atoms with Gasteiger partial charge in [-0.25, -0.2) is 0 Å². The largest absolute Gasteiger partial charge is 0.493 e. The van der Waals surface area contributed by atoms with Gasteiger partial charge in [-0.1, -0.05) is 41.9 Å². The zero-order valence-corrected chi connectivity index (χ0v) is 17.4. The molecule has 0 amide bonds. The van der Waals surface area contributed by atoms with E-state index in [1.54, 1.807) is 20.3 Å². The molecule has 0 radical (unpaired) electrons. The van der Waals surface area contributed by atoms with Crippen molar-refractivity contribution >= 4 is 11.6 Å². The number of methoxy groups -OCH3 is 2. The zero-order chi connectivity index (χ0) is 19.9. The third-order valence-corrected chi connectivity index (χ3v) is 5.51. The Labute approximate surface area is 172 Å². The van der Waals surface area contributed by atoms with Gasteiger partial charge in [0, 0.05) is 62.0 Å². The number of hydrogen-bond acceptors (Lipinski definition) is 5. The van der Waals surface area contributed by atoms with Crippen molar-refractivity contribution in [3.8, 4) is 11.5 Å². The van der Waals surface area contributed by atoms with Crippen molar-refractivity contribution < 1.29 is 14.6 Å².